The minimum Gasteiger partial charge on any atom is -0.462 e. The third kappa shape index (κ3) is 7.71. The molecule has 9 nitrogen and oxygen atoms in total. The van der Waals surface area contributed by atoms with Crippen LogP contribution in [0.3, 0.4) is 0 Å². The second kappa shape index (κ2) is 13.6. The second-order valence-corrected chi connectivity index (χ2v) is 11.0. The number of ether oxygens (including phenoxy) is 3. The molecule has 2 saturated heterocycles. The van der Waals surface area contributed by atoms with Crippen LogP contribution in [0, 0.1) is 36.5 Å². The van der Waals surface area contributed by atoms with Gasteiger partial charge in [-0.05, 0) is 46.2 Å². The Morgan fingerprint density at radius 2 is 1.67 bits per heavy atom. The second-order valence-electron chi connectivity index (χ2n) is 11.0. The first-order valence-electron chi connectivity index (χ1n) is 13.2. The van der Waals surface area contributed by atoms with Gasteiger partial charge >= 0.3 is 5.97 Å². The standard InChI is InChI=1S/C27H47NO8/c1-9-22-18(6)24(32)16(4)20(29)11-10-14(2)26(17(5)21(30)13-23(31)35-22)36-27-25(33)19(28(7)8)12-15(3)34-27/h11,13-19,21-22,24-27,30,32-33H,9-10,12H2,1-8H3/t14-,15?,16-,17-,18-,19?,21+,22+,24+,25?,26-,27?/m0/s1. The zero-order valence-electron chi connectivity index (χ0n) is 23.0. The summed E-state index contributed by atoms with van der Waals surface area (Å²) in [4.78, 5) is 27.5. The van der Waals surface area contributed by atoms with E-state index in [1.54, 1.807) is 27.2 Å². The van der Waals surface area contributed by atoms with E-state index >= 15 is 0 Å². The molecular formula is C27H47NO8. The Hall–Kier alpha value is -1.10. The van der Waals surface area contributed by atoms with E-state index in [9.17, 15) is 24.9 Å². The van der Waals surface area contributed by atoms with Crippen LogP contribution in [-0.4, -0.2) is 95.0 Å². The molecule has 9 heteroatoms. The minimum absolute atomic E-state index is 0.148. The first kappa shape index (κ1) is 31.1. The Morgan fingerprint density at radius 1 is 1.03 bits per heavy atom. The number of nitrogens with zero attached hydrogens (tertiary/aromatic N) is 1. The fraction of sp³-hybridized carbons (Fsp3) is 0.852. The Kier molecular flexibility index (Phi) is 11.8. The first-order chi connectivity index (χ1) is 16.8. The molecule has 2 fully saturated rings. The van der Waals surface area contributed by atoms with Gasteiger partial charge in [0.2, 0.25) is 0 Å². The van der Waals surface area contributed by atoms with Crippen molar-refractivity contribution in [1.82, 2.24) is 4.90 Å². The molecule has 0 aromatic heterocycles. The maximum atomic E-state index is 12.9. The number of hydrogen-bond acceptors (Lipinski definition) is 9. The molecule has 3 N–H and O–H groups in total. The Bertz CT molecular complexity index is 718. The van der Waals surface area contributed by atoms with Crippen LogP contribution in [-0.2, 0) is 23.8 Å². The molecule has 2 rings (SSSR count). The third-order valence-corrected chi connectivity index (χ3v) is 7.94. The van der Waals surface area contributed by atoms with Crippen molar-refractivity contribution in [2.24, 2.45) is 23.7 Å². The number of cyclic esters (lactones) is 1. The van der Waals surface area contributed by atoms with Gasteiger partial charge in [0.05, 0.1) is 30.8 Å². The third-order valence-electron chi connectivity index (χ3n) is 7.94. The summed E-state index contributed by atoms with van der Waals surface area (Å²) < 4.78 is 17.8. The molecule has 2 aliphatic heterocycles. The SMILES string of the molecule is CC[C@H]1OC(=O)[CH][C@@H](O)[C@H](C)[C@@H](OC2OC(C)CC(N(C)C)C2O)[C@@H](C)C[CH]C(=O)[C@H](C)[C@@H](O)[C@H]1C. The molecule has 36 heavy (non-hydrogen) atoms. The average molecular weight is 514 g/mol. The molecule has 2 aliphatic rings. The zero-order chi connectivity index (χ0) is 27.3. The Balaban J connectivity index is 2.31. The van der Waals surface area contributed by atoms with Gasteiger partial charge in [-0.3, -0.25) is 9.59 Å². The van der Waals surface area contributed by atoms with E-state index in [0.29, 0.717) is 19.3 Å². The zero-order valence-corrected chi connectivity index (χ0v) is 23.0. The molecular weight excluding hydrogens is 466 g/mol. The minimum atomic E-state index is -1.19. The summed E-state index contributed by atoms with van der Waals surface area (Å²) in [6, 6.07) is -0.169. The van der Waals surface area contributed by atoms with E-state index < -0.39 is 60.5 Å². The average Bonchev–Trinajstić information content (AvgIpc) is 2.83. The van der Waals surface area contributed by atoms with Crippen molar-refractivity contribution in [2.75, 3.05) is 14.1 Å². The van der Waals surface area contributed by atoms with Gasteiger partial charge in [0.1, 0.15) is 18.0 Å². The van der Waals surface area contributed by atoms with E-state index in [4.69, 9.17) is 14.2 Å². The van der Waals surface area contributed by atoms with Gasteiger partial charge in [0.15, 0.2) is 6.29 Å². The van der Waals surface area contributed by atoms with Crippen molar-refractivity contribution in [1.29, 1.82) is 0 Å². The molecule has 0 bridgehead atoms. The number of Topliss-reactive ketones (excluding diaryl/α,β-unsaturated/α-hetero) is 1. The molecule has 12 atom stereocenters. The lowest BCUT2D eigenvalue weighted by atomic mass is 9.81. The van der Waals surface area contributed by atoms with E-state index in [1.165, 1.54) is 0 Å². The van der Waals surface area contributed by atoms with Gasteiger partial charge < -0.3 is 34.4 Å². The summed E-state index contributed by atoms with van der Waals surface area (Å²) in [5.74, 6) is -2.84. The highest BCUT2D eigenvalue weighted by molar-refractivity contribution is 5.89. The Labute approximate surface area is 216 Å². The molecule has 2 heterocycles. The maximum absolute atomic E-state index is 12.9. The quantitative estimate of drug-likeness (QED) is 0.482. The van der Waals surface area contributed by atoms with Crippen molar-refractivity contribution in [2.45, 2.75) is 110 Å². The molecule has 208 valence electrons. The number of rotatable bonds is 4. The number of esters is 1. The topological polar surface area (TPSA) is 126 Å². The van der Waals surface area contributed by atoms with Gasteiger partial charge in [-0.15, -0.1) is 0 Å². The van der Waals surface area contributed by atoms with E-state index in [-0.39, 0.29) is 23.8 Å². The van der Waals surface area contributed by atoms with Crippen LogP contribution >= 0.6 is 0 Å². The monoisotopic (exact) mass is 513 g/mol. The highest BCUT2D eigenvalue weighted by Gasteiger charge is 2.42. The van der Waals surface area contributed by atoms with Gasteiger partial charge in [-0.25, -0.2) is 0 Å². The number of carbonyl (C=O) groups is 2. The molecule has 0 spiro atoms. The Morgan fingerprint density at radius 3 is 2.25 bits per heavy atom. The van der Waals surface area contributed by atoms with Gasteiger partial charge in [-0.2, -0.15) is 0 Å². The fourth-order valence-electron chi connectivity index (χ4n) is 5.29. The van der Waals surface area contributed by atoms with Crippen LogP contribution in [0.2, 0.25) is 0 Å². The van der Waals surface area contributed by atoms with Crippen molar-refractivity contribution in [3.05, 3.63) is 12.8 Å². The summed E-state index contributed by atoms with van der Waals surface area (Å²) in [5, 5.41) is 32.7. The maximum Gasteiger partial charge on any atom is 0.312 e. The highest BCUT2D eigenvalue weighted by atomic mass is 16.7. The summed E-state index contributed by atoms with van der Waals surface area (Å²) in [6.45, 7) is 10.8. The van der Waals surface area contributed by atoms with Crippen LogP contribution < -0.4 is 0 Å². The number of hydrogen-bond donors (Lipinski definition) is 3. The molecule has 0 saturated carbocycles. The fourth-order valence-corrected chi connectivity index (χ4v) is 5.29. The van der Waals surface area contributed by atoms with Crippen molar-refractivity contribution in [3.63, 3.8) is 0 Å². The van der Waals surface area contributed by atoms with Crippen molar-refractivity contribution in [3.8, 4) is 0 Å². The van der Waals surface area contributed by atoms with Gasteiger partial charge in [0, 0.05) is 30.2 Å². The molecule has 2 radical (unpaired) electrons. The normalized spacial score (nSPS) is 44.2. The lowest BCUT2D eigenvalue weighted by molar-refractivity contribution is -0.281. The summed E-state index contributed by atoms with van der Waals surface area (Å²) >= 11 is 0. The van der Waals surface area contributed by atoms with Crippen molar-refractivity contribution >= 4 is 11.8 Å². The predicted molar refractivity (Wildman–Crippen MR) is 134 cm³/mol. The molecule has 4 unspecified atom stereocenters. The molecule has 0 aromatic rings. The summed E-state index contributed by atoms with van der Waals surface area (Å²) in [6.07, 6.45) is -1.30. The van der Waals surface area contributed by atoms with Crippen LogP contribution in [0.25, 0.3) is 0 Å². The summed E-state index contributed by atoms with van der Waals surface area (Å²) in [5.41, 5.74) is 0. The smallest absolute Gasteiger partial charge is 0.312 e. The van der Waals surface area contributed by atoms with Crippen LogP contribution in [0.1, 0.15) is 60.8 Å². The number of aliphatic hydroxyl groups excluding tert-OH is 3. The number of ketones is 1. The largest absolute Gasteiger partial charge is 0.462 e. The highest BCUT2D eigenvalue weighted by Crippen LogP contribution is 2.32. The lowest BCUT2D eigenvalue weighted by Gasteiger charge is -2.44. The van der Waals surface area contributed by atoms with Crippen molar-refractivity contribution < 1.29 is 39.1 Å². The number of likely N-dealkylation sites (N-methyl/N-ethyl adjacent to an activating group) is 1. The lowest BCUT2D eigenvalue weighted by Crippen LogP contribution is -2.56. The number of aliphatic hydroxyl groups is 3. The molecule has 0 amide bonds. The predicted octanol–water partition coefficient (Wildman–Crippen LogP) is 1.77. The van der Waals surface area contributed by atoms with E-state index in [1.807, 2.05) is 39.8 Å². The van der Waals surface area contributed by atoms with E-state index in [2.05, 4.69) is 0 Å². The summed E-state index contributed by atoms with van der Waals surface area (Å²) in [7, 11) is 3.78. The van der Waals surface area contributed by atoms with Gasteiger partial charge in [-0.1, -0.05) is 34.6 Å². The molecule has 0 aliphatic carbocycles. The molecule has 0 aromatic carbocycles. The van der Waals surface area contributed by atoms with Gasteiger partial charge in [0.25, 0.3) is 0 Å². The van der Waals surface area contributed by atoms with Crippen LogP contribution in [0.15, 0.2) is 0 Å². The van der Waals surface area contributed by atoms with E-state index in [0.717, 1.165) is 6.42 Å². The number of carbonyl (C=O) groups excluding carboxylic acids is 2. The van der Waals surface area contributed by atoms with Crippen LogP contribution in [0.4, 0.5) is 0 Å². The first-order valence-corrected chi connectivity index (χ1v) is 13.2. The van der Waals surface area contributed by atoms with Crippen LogP contribution in [0.5, 0.6) is 0 Å².